The van der Waals surface area contributed by atoms with Gasteiger partial charge in [0.1, 0.15) is 0 Å². The molecule has 1 saturated carbocycles. The van der Waals surface area contributed by atoms with Gasteiger partial charge in [-0.25, -0.2) is 0 Å². The molecule has 0 bridgehead atoms. The summed E-state index contributed by atoms with van der Waals surface area (Å²) in [5.41, 5.74) is 9.66. The molecule has 2 saturated heterocycles. The molecule has 4 atom stereocenters. The lowest BCUT2D eigenvalue weighted by Crippen LogP contribution is -2.45. The topological polar surface area (TPSA) is 139 Å². The molecule has 2 aliphatic heterocycles. The molecule has 2 unspecified atom stereocenters. The van der Waals surface area contributed by atoms with Crippen molar-refractivity contribution in [3.8, 4) is 11.3 Å². The molecule has 5 heterocycles. The molecule has 4 amide bonds. The minimum absolute atomic E-state index is 0.0967. The molecule has 1 aliphatic carbocycles. The average Bonchev–Trinajstić information content (AvgIpc) is 3.31. The number of hydrogen-bond donors (Lipinski definition) is 2. The SMILES string of the molecule is Cc1cc(C)c(C(=O)N2CC[C@H](NC(=O)[C@H](C)N)C2)c(-c2ccnc3cc(CN4C(=O)C5C(C4=O)C5(C)C)sc23)n1. The number of hydrogen-bond acceptors (Lipinski definition) is 8. The van der Waals surface area contributed by atoms with Crippen LogP contribution in [0.3, 0.4) is 0 Å². The molecule has 3 aromatic rings. The van der Waals surface area contributed by atoms with Crippen LogP contribution in [0.1, 0.15) is 53.7 Å². The van der Waals surface area contributed by atoms with Gasteiger partial charge in [0.2, 0.25) is 17.7 Å². The summed E-state index contributed by atoms with van der Waals surface area (Å²) in [6.07, 6.45) is 2.35. The zero-order valence-electron chi connectivity index (χ0n) is 23.9. The highest BCUT2D eigenvalue weighted by Gasteiger charge is 2.72. The quantitative estimate of drug-likeness (QED) is 0.432. The number of nitrogens with one attached hydrogen (secondary N) is 1. The number of pyridine rings is 2. The number of aromatic nitrogens is 2. The van der Waals surface area contributed by atoms with Gasteiger partial charge in [0, 0.05) is 41.5 Å². The van der Waals surface area contributed by atoms with Crippen molar-refractivity contribution >= 4 is 45.2 Å². The molecular weight excluding hydrogens is 540 g/mol. The Balaban J connectivity index is 1.31. The minimum atomic E-state index is -0.612. The smallest absolute Gasteiger partial charge is 0.256 e. The van der Waals surface area contributed by atoms with Crippen molar-refractivity contribution in [1.82, 2.24) is 25.1 Å². The Morgan fingerprint density at radius 1 is 1.20 bits per heavy atom. The largest absolute Gasteiger partial charge is 0.350 e. The van der Waals surface area contributed by atoms with E-state index in [0.29, 0.717) is 30.8 Å². The maximum absolute atomic E-state index is 13.9. The molecule has 3 aromatic heterocycles. The van der Waals surface area contributed by atoms with Gasteiger partial charge in [0.15, 0.2) is 0 Å². The van der Waals surface area contributed by atoms with Crippen molar-refractivity contribution in [2.24, 2.45) is 23.0 Å². The van der Waals surface area contributed by atoms with Crippen molar-refractivity contribution in [3.63, 3.8) is 0 Å². The molecule has 3 N–H and O–H groups in total. The summed E-state index contributed by atoms with van der Waals surface area (Å²) in [7, 11) is 0. The Kier molecular flexibility index (Phi) is 6.50. The highest BCUT2D eigenvalue weighted by Crippen LogP contribution is 2.63. The molecule has 10 nitrogen and oxygen atoms in total. The van der Waals surface area contributed by atoms with Gasteiger partial charge in [-0.2, -0.15) is 0 Å². The lowest BCUT2D eigenvalue weighted by molar-refractivity contribution is -0.143. The van der Waals surface area contributed by atoms with Crippen molar-refractivity contribution in [2.45, 2.75) is 59.7 Å². The Morgan fingerprint density at radius 2 is 1.90 bits per heavy atom. The maximum Gasteiger partial charge on any atom is 0.256 e. The average molecular weight is 575 g/mol. The summed E-state index contributed by atoms with van der Waals surface area (Å²) in [6.45, 7) is 10.5. The van der Waals surface area contributed by atoms with Crippen LogP contribution in [0.15, 0.2) is 24.4 Å². The number of amides is 4. The molecule has 0 aromatic carbocycles. The van der Waals surface area contributed by atoms with Gasteiger partial charge in [-0.3, -0.25) is 34.0 Å². The number of rotatable bonds is 6. The normalized spacial score (nSPS) is 23.7. The fourth-order valence-electron chi connectivity index (χ4n) is 6.42. The van der Waals surface area contributed by atoms with Crippen molar-refractivity contribution < 1.29 is 19.2 Å². The lowest BCUT2D eigenvalue weighted by atomic mass is 9.99. The summed E-state index contributed by atoms with van der Waals surface area (Å²) in [6, 6.07) is 4.91. The molecule has 0 spiro atoms. The van der Waals surface area contributed by atoms with Crippen LogP contribution in [0.25, 0.3) is 21.5 Å². The molecule has 6 rings (SSSR count). The van der Waals surface area contributed by atoms with Crippen molar-refractivity contribution in [1.29, 1.82) is 0 Å². The van der Waals surface area contributed by atoms with E-state index in [1.165, 1.54) is 16.2 Å². The van der Waals surface area contributed by atoms with Crippen LogP contribution < -0.4 is 11.1 Å². The first kappa shape index (κ1) is 27.5. The second-order valence-corrected chi connectivity index (χ2v) is 13.3. The number of carbonyl (C=O) groups is 4. The first-order chi connectivity index (χ1) is 19.4. The Hall–Kier alpha value is -3.70. The van der Waals surface area contributed by atoms with Crippen LogP contribution in [0.4, 0.5) is 0 Å². The summed E-state index contributed by atoms with van der Waals surface area (Å²) < 4.78 is 0.849. The third-order valence-electron chi connectivity index (χ3n) is 8.72. The molecule has 41 heavy (non-hydrogen) atoms. The number of piperidine rings is 1. The third-order valence-corrected chi connectivity index (χ3v) is 9.86. The zero-order valence-corrected chi connectivity index (χ0v) is 24.7. The van der Waals surface area contributed by atoms with E-state index in [-0.39, 0.29) is 53.5 Å². The molecule has 0 radical (unpaired) electrons. The number of thiophene rings is 1. The van der Waals surface area contributed by atoms with E-state index in [1.54, 1.807) is 18.0 Å². The number of nitrogens with two attached hydrogens (primary N) is 1. The summed E-state index contributed by atoms with van der Waals surface area (Å²) in [5.74, 6) is -1.00. The van der Waals surface area contributed by atoms with Crippen LogP contribution in [0.5, 0.6) is 0 Å². The van der Waals surface area contributed by atoms with E-state index < -0.39 is 6.04 Å². The van der Waals surface area contributed by atoms with Crippen LogP contribution in [0, 0.1) is 31.1 Å². The van der Waals surface area contributed by atoms with Crippen LogP contribution in [-0.4, -0.2) is 68.6 Å². The number of nitrogens with zero attached hydrogens (tertiary/aromatic N) is 4. The van der Waals surface area contributed by atoms with E-state index in [2.05, 4.69) is 10.3 Å². The van der Waals surface area contributed by atoms with Crippen molar-refractivity contribution in [2.75, 3.05) is 13.1 Å². The van der Waals surface area contributed by atoms with Crippen LogP contribution in [-0.2, 0) is 20.9 Å². The fraction of sp³-hybridized carbons (Fsp3) is 0.467. The zero-order chi connectivity index (χ0) is 29.4. The summed E-state index contributed by atoms with van der Waals surface area (Å²) in [4.78, 5) is 65.2. The van der Waals surface area contributed by atoms with E-state index >= 15 is 0 Å². The van der Waals surface area contributed by atoms with Crippen LogP contribution >= 0.6 is 11.3 Å². The first-order valence-corrected chi connectivity index (χ1v) is 14.8. The summed E-state index contributed by atoms with van der Waals surface area (Å²) in [5, 5.41) is 2.93. The molecule has 3 aliphatic rings. The van der Waals surface area contributed by atoms with E-state index in [0.717, 1.165) is 31.9 Å². The third kappa shape index (κ3) is 4.51. The number of carbonyl (C=O) groups excluding carboxylic acids is 4. The monoisotopic (exact) mass is 574 g/mol. The second kappa shape index (κ2) is 9.70. The molecule has 214 valence electrons. The predicted octanol–water partition coefficient (Wildman–Crippen LogP) is 2.79. The Morgan fingerprint density at radius 3 is 2.59 bits per heavy atom. The first-order valence-electron chi connectivity index (χ1n) is 13.9. The number of fused-ring (bicyclic) bond motifs is 2. The van der Waals surface area contributed by atoms with Gasteiger partial charge in [-0.1, -0.05) is 13.8 Å². The molecule has 3 fully saturated rings. The lowest BCUT2D eigenvalue weighted by Gasteiger charge is -2.21. The predicted molar refractivity (Wildman–Crippen MR) is 155 cm³/mol. The Bertz CT molecular complexity index is 1600. The number of likely N-dealkylation sites (tertiary alicyclic amines) is 2. The maximum atomic E-state index is 13.9. The fourth-order valence-corrected chi connectivity index (χ4v) is 7.54. The minimum Gasteiger partial charge on any atom is -0.350 e. The second-order valence-electron chi connectivity index (χ2n) is 12.2. The highest BCUT2D eigenvalue weighted by molar-refractivity contribution is 7.19. The number of imide groups is 1. The van der Waals surface area contributed by atoms with E-state index in [9.17, 15) is 19.2 Å². The highest BCUT2D eigenvalue weighted by atomic mass is 32.1. The van der Waals surface area contributed by atoms with E-state index in [4.69, 9.17) is 10.7 Å². The molecule has 11 heteroatoms. The Labute approximate surface area is 242 Å². The van der Waals surface area contributed by atoms with Crippen LogP contribution in [0.2, 0.25) is 0 Å². The number of aryl methyl sites for hydroxylation is 2. The van der Waals surface area contributed by atoms with Gasteiger partial charge in [-0.15, -0.1) is 11.3 Å². The van der Waals surface area contributed by atoms with Crippen molar-refractivity contribution in [3.05, 3.63) is 46.1 Å². The van der Waals surface area contributed by atoms with E-state index in [1.807, 2.05) is 45.9 Å². The standard InChI is InChI=1S/C30H34N6O4S/c1-14-10-15(2)33-24(21(14)27(38)35-9-7-17(12-35)34-26(37)16(3)31)19-6-8-32-20-11-18(41-25(19)20)13-36-28(39)22-23(29(36)40)30(22,4)5/h6,8,10-11,16-17,22-23H,7,9,12-13,31H2,1-5H3,(H,34,37)/t16-,17-,22?,23?/m0/s1. The van der Waals surface area contributed by atoms with Gasteiger partial charge in [0.25, 0.3) is 5.91 Å². The van der Waals surface area contributed by atoms with Gasteiger partial charge < -0.3 is 16.0 Å². The van der Waals surface area contributed by atoms with Gasteiger partial charge in [-0.05, 0) is 56.4 Å². The summed E-state index contributed by atoms with van der Waals surface area (Å²) >= 11 is 1.47. The van der Waals surface area contributed by atoms with Gasteiger partial charge >= 0.3 is 0 Å². The molecular formula is C30H34N6O4S. The van der Waals surface area contributed by atoms with Gasteiger partial charge in [0.05, 0.1) is 45.9 Å².